The van der Waals surface area contributed by atoms with Gasteiger partial charge in [0.25, 0.3) is 5.91 Å². The van der Waals surface area contributed by atoms with E-state index < -0.39 is 0 Å². The second kappa shape index (κ2) is 9.44. The van der Waals surface area contributed by atoms with Crippen LogP contribution in [0.25, 0.3) is 17.1 Å². The van der Waals surface area contributed by atoms with Gasteiger partial charge in [-0.2, -0.15) is 5.10 Å². The number of rotatable bonds is 7. The van der Waals surface area contributed by atoms with E-state index in [9.17, 15) is 4.79 Å². The van der Waals surface area contributed by atoms with E-state index in [1.165, 1.54) is 17.3 Å². The highest BCUT2D eigenvalue weighted by Crippen LogP contribution is 2.28. The van der Waals surface area contributed by atoms with Crippen LogP contribution in [-0.2, 0) is 11.8 Å². The fourth-order valence-corrected chi connectivity index (χ4v) is 3.75. The monoisotopic (exact) mass is 430 g/mol. The Hall–Kier alpha value is -3.65. The number of benzene rings is 2. The lowest BCUT2D eigenvalue weighted by Crippen LogP contribution is -2.20. The number of para-hydroxylation sites is 1. The molecule has 0 unspecified atom stereocenters. The van der Waals surface area contributed by atoms with Gasteiger partial charge in [0.1, 0.15) is 0 Å². The fraction of sp³-hybridized carbons (Fsp3) is 0.130. The predicted octanol–water partition coefficient (Wildman–Crippen LogP) is 3.82. The Labute approximate surface area is 184 Å². The Morgan fingerprint density at radius 3 is 2.55 bits per heavy atom. The molecule has 0 atom stereocenters. The van der Waals surface area contributed by atoms with Gasteiger partial charge >= 0.3 is 0 Å². The van der Waals surface area contributed by atoms with Crippen molar-refractivity contribution in [2.45, 2.75) is 12.1 Å². The van der Waals surface area contributed by atoms with Gasteiger partial charge in [-0.3, -0.25) is 9.36 Å². The van der Waals surface area contributed by atoms with Gasteiger partial charge in [-0.1, -0.05) is 59.8 Å². The molecule has 0 saturated carbocycles. The Bertz CT molecular complexity index is 1190. The summed E-state index contributed by atoms with van der Waals surface area (Å²) in [4.78, 5) is 12.3. The maximum atomic E-state index is 12.3. The van der Waals surface area contributed by atoms with Crippen molar-refractivity contribution in [3.8, 4) is 17.1 Å². The van der Waals surface area contributed by atoms with Crippen molar-refractivity contribution in [1.82, 2.24) is 24.8 Å². The van der Waals surface area contributed by atoms with E-state index in [1.54, 1.807) is 6.21 Å². The molecule has 0 fully saturated rings. The predicted molar refractivity (Wildman–Crippen MR) is 123 cm³/mol. The summed E-state index contributed by atoms with van der Waals surface area (Å²) in [7, 11) is 1.92. The van der Waals surface area contributed by atoms with E-state index in [4.69, 9.17) is 0 Å². The fourth-order valence-electron chi connectivity index (χ4n) is 3.00. The quantitative estimate of drug-likeness (QED) is 0.275. The number of amides is 1. The summed E-state index contributed by atoms with van der Waals surface area (Å²) >= 11 is 1.32. The van der Waals surface area contributed by atoms with Crippen LogP contribution in [0.3, 0.4) is 0 Å². The number of aryl methyl sites for hydroxylation is 2. The molecule has 31 heavy (non-hydrogen) atoms. The average Bonchev–Trinajstić information content (AvgIpc) is 3.39. The van der Waals surface area contributed by atoms with Crippen LogP contribution in [0.2, 0.25) is 0 Å². The van der Waals surface area contributed by atoms with Gasteiger partial charge in [0.15, 0.2) is 11.0 Å². The van der Waals surface area contributed by atoms with Crippen LogP contribution >= 0.6 is 11.8 Å². The number of hydrazone groups is 1. The summed E-state index contributed by atoms with van der Waals surface area (Å²) in [5, 5.41) is 13.4. The highest BCUT2D eigenvalue weighted by atomic mass is 32.2. The van der Waals surface area contributed by atoms with E-state index in [0.717, 1.165) is 22.8 Å². The molecule has 1 amide bonds. The third kappa shape index (κ3) is 4.92. The van der Waals surface area contributed by atoms with E-state index >= 15 is 0 Å². The number of hydrogen-bond acceptors (Lipinski definition) is 5. The van der Waals surface area contributed by atoms with Gasteiger partial charge in [0.05, 0.1) is 17.7 Å². The number of hydrogen-bond donors (Lipinski definition) is 1. The molecule has 0 aliphatic rings. The van der Waals surface area contributed by atoms with E-state index in [0.29, 0.717) is 5.16 Å². The van der Waals surface area contributed by atoms with Crippen molar-refractivity contribution in [2.75, 3.05) is 5.75 Å². The molecule has 0 spiro atoms. The van der Waals surface area contributed by atoms with Crippen LogP contribution in [0, 0.1) is 6.92 Å². The molecular weight excluding hydrogens is 408 g/mol. The SMILES string of the molecule is Cc1ccc(-c2nnc(SCC(=O)NN=Cc3cccn3C)n2-c2ccccc2)cc1. The zero-order valence-corrected chi connectivity index (χ0v) is 18.1. The maximum Gasteiger partial charge on any atom is 0.250 e. The molecule has 8 heteroatoms. The summed E-state index contributed by atoms with van der Waals surface area (Å²) in [6.07, 6.45) is 3.53. The zero-order chi connectivity index (χ0) is 21.6. The van der Waals surface area contributed by atoms with Gasteiger partial charge in [-0.15, -0.1) is 10.2 Å². The smallest absolute Gasteiger partial charge is 0.250 e. The van der Waals surface area contributed by atoms with Gasteiger partial charge in [-0.05, 0) is 31.2 Å². The largest absolute Gasteiger partial charge is 0.350 e. The summed E-state index contributed by atoms with van der Waals surface area (Å²) in [6.45, 7) is 2.05. The number of aromatic nitrogens is 4. The normalized spacial score (nSPS) is 11.2. The molecule has 0 aliphatic heterocycles. The van der Waals surface area contributed by atoms with E-state index in [1.807, 2.05) is 96.0 Å². The molecule has 4 rings (SSSR count). The minimum absolute atomic E-state index is 0.170. The highest BCUT2D eigenvalue weighted by molar-refractivity contribution is 7.99. The average molecular weight is 431 g/mol. The number of nitrogens with zero attached hydrogens (tertiary/aromatic N) is 5. The first-order valence-corrected chi connectivity index (χ1v) is 10.7. The maximum absolute atomic E-state index is 12.3. The molecule has 4 aromatic rings. The second-order valence-corrected chi connectivity index (χ2v) is 7.91. The molecule has 2 aromatic carbocycles. The van der Waals surface area contributed by atoms with Crippen molar-refractivity contribution in [3.63, 3.8) is 0 Å². The van der Waals surface area contributed by atoms with Crippen LogP contribution in [0.1, 0.15) is 11.3 Å². The molecule has 0 bridgehead atoms. The number of carbonyl (C=O) groups is 1. The Balaban J connectivity index is 1.51. The molecule has 7 nitrogen and oxygen atoms in total. The molecule has 1 N–H and O–H groups in total. The van der Waals surface area contributed by atoms with Crippen LogP contribution < -0.4 is 5.43 Å². The van der Waals surface area contributed by atoms with Crippen molar-refractivity contribution in [1.29, 1.82) is 0 Å². The van der Waals surface area contributed by atoms with Crippen molar-refractivity contribution >= 4 is 23.9 Å². The van der Waals surface area contributed by atoms with Gasteiger partial charge in [0, 0.05) is 24.5 Å². The summed E-state index contributed by atoms with van der Waals surface area (Å²) in [6, 6.07) is 21.9. The lowest BCUT2D eigenvalue weighted by molar-refractivity contribution is -0.118. The lowest BCUT2D eigenvalue weighted by Gasteiger charge is -2.10. The lowest BCUT2D eigenvalue weighted by atomic mass is 10.1. The molecule has 0 saturated heterocycles. The topological polar surface area (TPSA) is 77.1 Å². The van der Waals surface area contributed by atoms with E-state index in [2.05, 4.69) is 20.7 Å². The number of nitrogens with one attached hydrogen (secondary N) is 1. The Kier molecular flexibility index (Phi) is 6.28. The van der Waals surface area contributed by atoms with Gasteiger partial charge < -0.3 is 4.57 Å². The minimum Gasteiger partial charge on any atom is -0.350 e. The van der Waals surface area contributed by atoms with Gasteiger partial charge in [-0.25, -0.2) is 5.43 Å². The van der Waals surface area contributed by atoms with E-state index in [-0.39, 0.29) is 11.7 Å². The summed E-state index contributed by atoms with van der Waals surface area (Å²) in [5.74, 6) is 0.689. The van der Waals surface area contributed by atoms with Gasteiger partial charge in [0.2, 0.25) is 0 Å². The Morgan fingerprint density at radius 1 is 1.06 bits per heavy atom. The highest BCUT2D eigenvalue weighted by Gasteiger charge is 2.17. The first-order valence-electron chi connectivity index (χ1n) is 9.76. The molecule has 2 aromatic heterocycles. The van der Waals surface area contributed by atoms with Crippen molar-refractivity contribution in [3.05, 3.63) is 84.2 Å². The Morgan fingerprint density at radius 2 is 1.84 bits per heavy atom. The zero-order valence-electron chi connectivity index (χ0n) is 17.3. The third-order valence-electron chi connectivity index (χ3n) is 4.66. The standard InChI is InChI=1S/C23H22N6OS/c1-17-10-12-18(13-11-17)22-26-27-23(29(22)19-7-4-3-5-8-19)31-16-21(30)25-24-15-20-9-6-14-28(20)2/h3-15H,16H2,1-2H3,(H,25,30). The summed E-state index contributed by atoms with van der Waals surface area (Å²) < 4.78 is 3.88. The first-order chi connectivity index (χ1) is 15.1. The molecular formula is C23H22N6OS. The second-order valence-electron chi connectivity index (χ2n) is 6.97. The minimum atomic E-state index is -0.213. The summed E-state index contributed by atoms with van der Waals surface area (Å²) in [5.41, 5.74) is 6.54. The third-order valence-corrected chi connectivity index (χ3v) is 5.59. The molecule has 0 aliphatic carbocycles. The molecule has 2 heterocycles. The van der Waals surface area contributed by atoms with Crippen LogP contribution in [0.4, 0.5) is 0 Å². The number of carbonyl (C=O) groups excluding carboxylic acids is 1. The molecule has 0 radical (unpaired) electrons. The van der Waals surface area contributed by atoms with Crippen LogP contribution in [0.5, 0.6) is 0 Å². The molecule has 156 valence electrons. The van der Waals surface area contributed by atoms with Crippen molar-refractivity contribution < 1.29 is 4.79 Å². The van der Waals surface area contributed by atoms with Crippen molar-refractivity contribution in [2.24, 2.45) is 12.1 Å². The van der Waals surface area contributed by atoms with Crippen LogP contribution in [-0.4, -0.2) is 37.2 Å². The van der Waals surface area contributed by atoms with Crippen LogP contribution in [0.15, 0.2) is 83.2 Å². The first kappa shape index (κ1) is 20.6. The number of thioether (sulfide) groups is 1.